The van der Waals surface area contributed by atoms with Gasteiger partial charge in [-0.25, -0.2) is 0 Å². The minimum atomic E-state index is -0.313. The molecular weight excluding hydrogens is 290 g/mol. The van der Waals surface area contributed by atoms with Crippen LogP contribution in [0.5, 0.6) is 0 Å². The van der Waals surface area contributed by atoms with Crippen molar-refractivity contribution in [1.29, 1.82) is 0 Å². The lowest BCUT2D eigenvalue weighted by Crippen LogP contribution is -2.48. The predicted molar refractivity (Wildman–Crippen MR) is 77.3 cm³/mol. The largest absolute Gasteiger partial charge is 0.463 e. The van der Waals surface area contributed by atoms with Crippen LogP contribution in [-0.4, -0.2) is 28.2 Å². The Bertz CT molecular complexity index is 515. The van der Waals surface area contributed by atoms with Crippen LogP contribution in [-0.2, 0) is 9.53 Å². The molecule has 0 bridgehead atoms. The lowest BCUT2D eigenvalue weighted by molar-refractivity contribution is -0.137. The molecule has 94 valence electrons. The van der Waals surface area contributed by atoms with E-state index in [0.29, 0.717) is 18.1 Å². The van der Waals surface area contributed by atoms with Gasteiger partial charge in [-0.15, -0.1) is 0 Å². The average molecular weight is 300 g/mol. The number of hydrogen-bond acceptors (Lipinski definition) is 4. The highest BCUT2D eigenvalue weighted by atomic mass is 35.5. The highest BCUT2D eigenvalue weighted by Gasteiger charge is 2.51. The minimum Gasteiger partial charge on any atom is -0.463 e. The number of ether oxygens (including phenoxy) is 1. The smallest absolute Gasteiger partial charge is 0.308 e. The summed E-state index contributed by atoms with van der Waals surface area (Å²) in [6.07, 6.45) is 0.392. The van der Waals surface area contributed by atoms with Gasteiger partial charge < -0.3 is 9.64 Å². The van der Waals surface area contributed by atoms with E-state index in [1.165, 1.54) is 0 Å². The third-order valence-corrected chi connectivity index (χ3v) is 5.08. The van der Waals surface area contributed by atoms with Crippen molar-refractivity contribution in [3.63, 3.8) is 0 Å². The van der Waals surface area contributed by atoms with E-state index in [2.05, 4.69) is 0 Å². The van der Waals surface area contributed by atoms with E-state index in [1.807, 2.05) is 29.2 Å². The Morgan fingerprint density at radius 2 is 2.11 bits per heavy atom. The number of thiocarbonyl (C=S) groups is 1. The molecule has 2 aliphatic rings. The van der Waals surface area contributed by atoms with Gasteiger partial charge in [0.1, 0.15) is 16.5 Å². The van der Waals surface area contributed by atoms with Crippen LogP contribution in [0, 0.1) is 0 Å². The highest BCUT2D eigenvalue weighted by Crippen LogP contribution is 2.42. The molecule has 6 heteroatoms. The van der Waals surface area contributed by atoms with Crippen molar-refractivity contribution in [3.8, 4) is 0 Å². The normalized spacial score (nSPS) is 27.1. The van der Waals surface area contributed by atoms with Gasteiger partial charge in [0.05, 0.1) is 6.42 Å². The summed E-state index contributed by atoms with van der Waals surface area (Å²) in [5.41, 5.74) is 0.653. The van der Waals surface area contributed by atoms with Crippen molar-refractivity contribution in [2.75, 3.05) is 17.3 Å². The van der Waals surface area contributed by atoms with Crippen LogP contribution >= 0.6 is 35.6 Å². The Balaban J connectivity index is 1.99. The third kappa shape index (κ3) is 1.90. The summed E-state index contributed by atoms with van der Waals surface area (Å²) >= 11 is 12.9. The predicted octanol–water partition coefficient (Wildman–Crippen LogP) is 2.86. The first-order chi connectivity index (χ1) is 8.61. The molecule has 1 aromatic carbocycles. The maximum absolute atomic E-state index is 11.4. The second-order valence-electron chi connectivity index (χ2n) is 4.43. The standard InChI is InChI=1S/C12H10ClNO2S2/c13-8-1-3-9(4-2-8)14-11(17)18-7-12(14)5-10(15)16-6-12/h1-4H,5-7H2. The molecule has 18 heavy (non-hydrogen) atoms. The Labute approximate surface area is 119 Å². The molecule has 0 aromatic heterocycles. The van der Waals surface area contributed by atoms with Crippen molar-refractivity contribution < 1.29 is 9.53 Å². The monoisotopic (exact) mass is 299 g/mol. The highest BCUT2D eigenvalue weighted by molar-refractivity contribution is 8.23. The van der Waals surface area contributed by atoms with Crippen LogP contribution in [0.3, 0.4) is 0 Å². The summed E-state index contributed by atoms with van der Waals surface area (Å²) in [5, 5.41) is 0.685. The lowest BCUT2D eigenvalue weighted by atomic mass is 9.98. The van der Waals surface area contributed by atoms with Gasteiger partial charge in [-0.2, -0.15) is 0 Å². The van der Waals surface area contributed by atoms with Crippen LogP contribution in [0.4, 0.5) is 5.69 Å². The van der Waals surface area contributed by atoms with Gasteiger partial charge in [0.25, 0.3) is 0 Å². The fraction of sp³-hybridized carbons (Fsp3) is 0.333. The summed E-state index contributed by atoms with van der Waals surface area (Å²) in [6, 6.07) is 7.50. The molecule has 1 atom stereocenters. The van der Waals surface area contributed by atoms with Crippen LogP contribution < -0.4 is 4.90 Å². The zero-order valence-electron chi connectivity index (χ0n) is 9.39. The number of thioether (sulfide) groups is 1. The fourth-order valence-electron chi connectivity index (χ4n) is 2.31. The molecule has 2 fully saturated rings. The third-order valence-electron chi connectivity index (χ3n) is 3.18. The van der Waals surface area contributed by atoms with Gasteiger partial charge in [-0.05, 0) is 24.3 Å². The van der Waals surface area contributed by atoms with E-state index >= 15 is 0 Å². The van der Waals surface area contributed by atoms with Crippen LogP contribution in [0.2, 0.25) is 5.02 Å². The molecule has 1 aromatic rings. The van der Waals surface area contributed by atoms with E-state index in [0.717, 1.165) is 15.8 Å². The maximum Gasteiger partial charge on any atom is 0.308 e. The second-order valence-corrected chi connectivity index (χ2v) is 6.47. The van der Waals surface area contributed by atoms with E-state index < -0.39 is 0 Å². The first-order valence-electron chi connectivity index (χ1n) is 5.49. The topological polar surface area (TPSA) is 29.5 Å². The number of nitrogens with zero attached hydrogens (tertiary/aromatic N) is 1. The number of rotatable bonds is 1. The summed E-state index contributed by atoms with van der Waals surface area (Å²) in [4.78, 5) is 13.5. The molecule has 3 nitrogen and oxygen atoms in total. The van der Waals surface area contributed by atoms with Crippen LogP contribution in [0.25, 0.3) is 0 Å². The molecule has 0 N–H and O–H groups in total. The first kappa shape index (κ1) is 12.3. The van der Waals surface area contributed by atoms with Crippen molar-refractivity contribution in [2.24, 2.45) is 0 Å². The van der Waals surface area contributed by atoms with Crippen molar-refractivity contribution in [2.45, 2.75) is 12.0 Å². The van der Waals surface area contributed by atoms with Gasteiger partial charge in [0.15, 0.2) is 0 Å². The van der Waals surface area contributed by atoms with E-state index in [1.54, 1.807) is 11.8 Å². The Morgan fingerprint density at radius 3 is 2.72 bits per heavy atom. The number of cyclic esters (lactones) is 1. The molecule has 0 radical (unpaired) electrons. The molecule has 2 saturated heterocycles. The van der Waals surface area contributed by atoms with Gasteiger partial charge in [-0.1, -0.05) is 35.6 Å². The molecule has 3 rings (SSSR count). The molecule has 2 heterocycles. The number of carbonyl (C=O) groups is 1. The Kier molecular flexibility index (Phi) is 3.00. The summed E-state index contributed by atoms with van der Waals surface area (Å²) in [6.45, 7) is 0.404. The zero-order valence-corrected chi connectivity index (χ0v) is 11.8. The number of halogens is 1. The van der Waals surface area contributed by atoms with Gasteiger partial charge in [0, 0.05) is 16.5 Å². The second kappa shape index (κ2) is 4.40. The summed E-state index contributed by atoms with van der Waals surface area (Å²) in [5.74, 6) is 0.638. The number of benzene rings is 1. The van der Waals surface area contributed by atoms with Crippen molar-refractivity contribution in [1.82, 2.24) is 0 Å². The number of carbonyl (C=O) groups excluding carboxylic acids is 1. The number of esters is 1. The zero-order chi connectivity index (χ0) is 12.8. The molecule has 2 aliphatic heterocycles. The fourth-order valence-corrected chi connectivity index (χ4v) is 4.05. The van der Waals surface area contributed by atoms with E-state index in [-0.39, 0.29) is 11.5 Å². The summed E-state index contributed by atoms with van der Waals surface area (Å²) < 4.78 is 5.92. The van der Waals surface area contributed by atoms with Crippen LogP contribution in [0.1, 0.15) is 6.42 Å². The lowest BCUT2D eigenvalue weighted by Gasteiger charge is -2.32. The molecule has 1 unspecified atom stereocenters. The first-order valence-corrected chi connectivity index (χ1v) is 7.26. The van der Waals surface area contributed by atoms with E-state index in [4.69, 9.17) is 28.6 Å². The van der Waals surface area contributed by atoms with Crippen molar-refractivity contribution in [3.05, 3.63) is 29.3 Å². The van der Waals surface area contributed by atoms with Crippen LogP contribution in [0.15, 0.2) is 24.3 Å². The maximum atomic E-state index is 11.4. The van der Waals surface area contributed by atoms with Gasteiger partial charge >= 0.3 is 5.97 Å². The molecule has 0 saturated carbocycles. The molecule has 0 aliphatic carbocycles. The Hall–Kier alpha value is -0.780. The molecule has 1 spiro atoms. The molecule has 0 amide bonds. The average Bonchev–Trinajstić information content (AvgIpc) is 2.86. The summed E-state index contributed by atoms with van der Waals surface area (Å²) in [7, 11) is 0. The van der Waals surface area contributed by atoms with Gasteiger partial charge in [-0.3, -0.25) is 4.79 Å². The van der Waals surface area contributed by atoms with Gasteiger partial charge in [0.2, 0.25) is 0 Å². The SMILES string of the molecule is O=C1CC2(CO1)CSC(=S)N2c1ccc(Cl)cc1. The minimum absolute atomic E-state index is 0.153. The molecular formula is C12H10ClNO2S2. The number of anilines is 1. The number of hydrogen-bond donors (Lipinski definition) is 0. The van der Waals surface area contributed by atoms with E-state index in [9.17, 15) is 4.79 Å². The quantitative estimate of drug-likeness (QED) is 0.588. The Morgan fingerprint density at radius 1 is 1.39 bits per heavy atom. The van der Waals surface area contributed by atoms with Crippen molar-refractivity contribution >= 4 is 51.6 Å².